The number of piperidine rings is 2. The predicted octanol–water partition coefficient (Wildman–Crippen LogP) is 4.69. The van der Waals surface area contributed by atoms with Gasteiger partial charge in [0.2, 0.25) is 5.88 Å². The third-order valence-corrected chi connectivity index (χ3v) is 10.1. The standard InChI is InChI=1S/C30H39ClF2N6O4/c1-18-17-43-30-28(33)25(32)9-20-8-19(14-38(18)29(20)30)13-37(15-21-10-27(42-2)35-12-24(21)31)23-4-3-7-36(16-23)22-5-6-26(34-11-22)39(40)41/h5-6,10-12,18-20,23,25,28-30H,3-4,7-9,13-17H2,1-2H3/t18?,19?,20?,23-,25?,28?,29?,30?/m0/s1. The Bertz CT molecular complexity index is 1290. The van der Waals surface area contributed by atoms with Gasteiger partial charge in [-0.2, -0.15) is 0 Å². The fraction of sp³-hybridized carbons (Fsp3) is 0.667. The van der Waals surface area contributed by atoms with E-state index in [9.17, 15) is 18.9 Å². The third kappa shape index (κ3) is 6.29. The number of pyridine rings is 2. The molecule has 0 radical (unpaired) electrons. The van der Waals surface area contributed by atoms with Crippen LogP contribution in [-0.4, -0.2) is 101 Å². The molecule has 0 aromatic carbocycles. The molecule has 1 saturated carbocycles. The smallest absolute Gasteiger partial charge is 0.363 e. The number of anilines is 1. The Morgan fingerprint density at radius 2 is 2.07 bits per heavy atom. The molecule has 4 aliphatic rings. The van der Waals surface area contributed by atoms with Crippen molar-refractivity contribution >= 4 is 23.1 Å². The first-order valence-electron chi connectivity index (χ1n) is 15.1. The van der Waals surface area contributed by atoms with Crippen LogP contribution in [-0.2, 0) is 11.3 Å². The van der Waals surface area contributed by atoms with Gasteiger partial charge in [-0.3, -0.25) is 9.80 Å². The zero-order valence-corrected chi connectivity index (χ0v) is 25.3. The maximum atomic E-state index is 14.9. The summed E-state index contributed by atoms with van der Waals surface area (Å²) in [6.07, 6.45) is 2.37. The summed E-state index contributed by atoms with van der Waals surface area (Å²) in [6.45, 7) is 6.23. The third-order valence-electron chi connectivity index (χ3n) is 9.77. The quantitative estimate of drug-likeness (QED) is 0.307. The highest BCUT2D eigenvalue weighted by Crippen LogP contribution is 2.44. The van der Waals surface area contributed by atoms with Crippen molar-refractivity contribution in [1.29, 1.82) is 0 Å². The van der Waals surface area contributed by atoms with Gasteiger partial charge in [0.1, 0.15) is 12.3 Å². The van der Waals surface area contributed by atoms with Crippen molar-refractivity contribution in [3.05, 3.63) is 51.3 Å². The van der Waals surface area contributed by atoms with Gasteiger partial charge in [0.05, 0.1) is 24.4 Å². The number of hydrogen-bond donors (Lipinski definition) is 0. The van der Waals surface area contributed by atoms with Gasteiger partial charge in [0.15, 0.2) is 12.4 Å². The van der Waals surface area contributed by atoms with Gasteiger partial charge in [0, 0.05) is 69.2 Å². The molecule has 234 valence electrons. The number of rotatable bonds is 8. The van der Waals surface area contributed by atoms with E-state index in [1.165, 1.54) is 6.07 Å². The number of ether oxygens (including phenoxy) is 2. The van der Waals surface area contributed by atoms with Gasteiger partial charge in [-0.05, 0) is 66.0 Å². The van der Waals surface area contributed by atoms with Crippen LogP contribution in [0.5, 0.6) is 5.88 Å². The minimum Gasteiger partial charge on any atom is -0.481 e. The molecule has 0 spiro atoms. The monoisotopic (exact) mass is 620 g/mol. The van der Waals surface area contributed by atoms with Crippen molar-refractivity contribution in [3.63, 3.8) is 0 Å². The number of nitrogens with zero attached hydrogens (tertiary/aromatic N) is 6. The minimum atomic E-state index is -1.57. The maximum Gasteiger partial charge on any atom is 0.363 e. The molecule has 4 fully saturated rings. The predicted molar refractivity (Wildman–Crippen MR) is 158 cm³/mol. The van der Waals surface area contributed by atoms with E-state index >= 15 is 0 Å². The van der Waals surface area contributed by atoms with Gasteiger partial charge in [0.25, 0.3) is 0 Å². The molecule has 3 aliphatic heterocycles. The lowest BCUT2D eigenvalue weighted by Crippen LogP contribution is -2.68. The van der Waals surface area contributed by atoms with Crippen molar-refractivity contribution in [2.75, 3.05) is 44.8 Å². The summed E-state index contributed by atoms with van der Waals surface area (Å²) in [5.74, 6) is 0.610. The van der Waals surface area contributed by atoms with Gasteiger partial charge in [-0.25, -0.2) is 13.8 Å². The molecule has 13 heteroatoms. The van der Waals surface area contributed by atoms with E-state index in [-0.39, 0.29) is 42.2 Å². The van der Waals surface area contributed by atoms with Crippen LogP contribution in [0.1, 0.15) is 38.2 Å². The second-order valence-electron chi connectivity index (χ2n) is 12.5. The zero-order chi connectivity index (χ0) is 30.2. The van der Waals surface area contributed by atoms with E-state index in [2.05, 4.69) is 31.6 Å². The van der Waals surface area contributed by atoms with Crippen LogP contribution in [0.4, 0.5) is 20.3 Å². The number of halogens is 3. The Balaban J connectivity index is 1.25. The molecule has 2 aromatic rings. The van der Waals surface area contributed by atoms with Gasteiger partial charge >= 0.3 is 5.82 Å². The summed E-state index contributed by atoms with van der Waals surface area (Å²) < 4.78 is 41.0. The molecule has 0 N–H and O–H groups in total. The molecule has 2 aromatic heterocycles. The van der Waals surface area contributed by atoms with Crippen LogP contribution in [0.3, 0.4) is 0 Å². The van der Waals surface area contributed by atoms with Crippen LogP contribution in [0.15, 0.2) is 30.6 Å². The maximum absolute atomic E-state index is 14.9. The molecule has 6 rings (SSSR count). The Labute approximate surface area is 255 Å². The van der Waals surface area contributed by atoms with Crippen molar-refractivity contribution in [2.24, 2.45) is 11.8 Å². The van der Waals surface area contributed by atoms with Crippen molar-refractivity contribution in [3.8, 4) is 5.88 Å². The summed E-state index contributed by atoms with van der Waals surface area (Å²) in [7, 11) is 1.58. The van der Waals surface area contributed by atoms with Gasteiger partial charge in [-0.1, -0.05) is 11.6 Å². The number of methoxy groups -OCH3 is 1. The zero-order valence-electron chi connectivity index (χ0n) is 24.5. The second kappa shape index (κ2) is 12.7. The number of alkyl halides is 2. The van der Waals surface area contributed by atoms with Crippen molar-refractivity contribution in [2.45, 2.75) is 75.7 Å². The summed E-state index contributed by atoms with van der Waals surface area (Å²) >= 11 is 6.64. The molecule has 5 heterocycles. The fourth-order valence-corrected chi connectivity index (χ4v) is 7.89. The highest BCUT2D eigenvalue weighted by atomic mass is 35.5. The molecule has 43 heavy (non-hydrogen) atoms. The Morgan fingerprint density at radius 3 is 2.81 bits per heavy atom. The number of hydrogen-bond acceptors (Lipinski definition) is 9. The van der Waals surface area contributed by atoms with E-state index in [0.717, 1.165) is 56.7 Å². The molecular weight excluding hydrogens is 582 g/mol. The summed E-state index contributed by atoms with van der Waals surface area (Å²) in [5, 5.41) is 11.7. The van der Waals surface area contributed by atoms with Crippen LogP contribution in [0.2, 0.25) is 5.02 Å². The Hall–Kier alpha value is -2.67. The Kier molecular flexibility index (Phi) is 9.00. The number of aromatic nitrogens is 2. The van der Waals surface area contributed by atoms with E-state index < -0.39 is 23.4 Å². The first-order chi connectivity index (χ1) is 20.7. The van der Waals surface area contributed by atoms with Crippen LogP contribution in [0, 0.1) is 22.0 Å². The topological polar surface area (TPSA) is 97.1 Å². The first kappa shape index (κ1) is 30.4. The average Bonchev–Trinajstić information content (AvgIpc) is 3.01. The molecule has 1 aliphatic carbocycles. The van der Waals surface area contributed by atoms with Gasteiger partial charge < -0.3 is 24.5 Å². The second-order valence-corrected chi connectivity index (χ2v) is 12.9. The fourth-order valence-electron chi connectivity index (χ4n) is 7.73. The van der Waals surface area contributed by atoms with E-state index in [4.69, 9.17) is 21.1 Å². The largest absolute Gasteiger partial charge is 0.481 e. The first-order valence-corrected chi connectivity index (χ1v) is 15.5. The van der Waals surface area contributed by atoms with Crippen LogP contribution >= 0.6 is 11.6 Å². The lowest BCUT2D eigenvalue weighted by atomic mass is 9.71. The minimum absolute atomic E-state index is 0.0361. The highest BCUT2D eigenvalue weighted by Gasteiger charge is 2.54. The molecule has 3 saturated heterocycles. The molecule has 0 amide bonds. The average molecular weight is 621 g/mol. The van der Waals surface area contributed by atoms with Crippen LogP contribution < -0.4 is 9.64 Å². The summed E-state index contributed by atoms with van der Waals surface area (Å²) in [6, 6.07) is 5.30. The number of morpholine rings is 1. The molecular formula is C30H39ClF2N6O4. The molecule has 7 unspecified atom stereocenters. The molecule has 0 bridgehead atoms. The Morgan fingerprint density at radius 1 is 1.23 bits per heavy atom. The van der Waals surface area contributed by atoms with Crippen molar-refractivity contribution < 1.29 is 23.2 Å². The highest BCUT2D eigenvalue weighted by molar-refractivity contribution is 6.31. The van der Waals surface area contributed by atoms with E-state index in [0.29, 0.717) is 24.1 Å². The lowest BCUT2D eigenvalue weighted by molar-refractivity contribution is -0.389. The van der Waals surface area contributed by atoms with E-state index in [1.807, 2.05) is 6.07 Å². The SMILES string of the molecule is COc1cc(CN(CC2CC3CC(F)C(F)C4OCC(C)N(C2)C34)[C@H]2CCCN(c3ccc([N+](=O)[O-])nc3)C2)c(Cl)cn1. The number of nitro groups is 1. The van der Waals surface area contributed by atoms with E-state index in [1.54, 1.807) is 25.6 Å². The van der Waals surface area contributed by atoms with Crippen molar-refractivity contribution in [1.82, 2.24) is 19.8 Å². The summed E-state index contributed by atoms with van der Waals surface area (Å²) in [4.78, 5) is 26.0. The van der Waals surface area contributed by atoms with Gasteiger partial charge in [-0.15, -0.1) is 0 Å². The molecule has 8 atom stereocenters. The van der Waals surface area contributed by atoms with Crippen LogP contribution in [0.25, 0.3) is 0 Å². The lowest BCUT2D eigenvalue weighted by Gasteiger charge is -2.57. The summed E-state index contributed by atoms with van der Waals surface area (Å²) in [5.41, 5.74) is 1.77. The molecule has 10 nitrogen and oxygen atoms in total. The normalized spacial score (nSPS) is 32.8.